The van der Waals surface area contributed by atoms with Crippen LogP contribution in [0.4, 0.5) is 10.7 Å². The third kappa shape index (κ3) is 2.33. The molecule has 1 heterocycles. The number of thiophene rings is 1. The van der Waals surface area contributed by atoms with Gasteiger partial charge in [-0.2, -0.15) is 0 Å². The lowest BCUT2D eigenvalue weighted by molar-refractivity contribution is 0.0999. The monoisotopic (exact) mass is 256 g/mol. The van der Waals surface area contributed by atoms with Crippen molar-refractivity contribution in [3.63, 3.8) is 0 Å². The Hall–Kier alpha value is -1.76. The summed E-state index contributed by atoms with van der Waals surface area (Å²) < 4.78 is 0. The van der Waals surface area contributed by atoms with Crippen molar-refractivity contribution in [3.8, 4) is 0 Å². The van der Waals surface area contributed by atoms with Gasteiger partial charge in [-0.1, -0.05) is 0 Å². The molecule has 6 nitrogen and oxygen atoms in total. The Morgan fingerprint density at radius 3 is 2.06 bits per heavy atom. The Balaban J connectivity index is 3.43. The van der Waals surface area contributed by atoms with Crippen LogP contribution in [0.25, 0.3) is 0 Å². The highest BCUT2D eigenvalue weighted by molar-refractivity contribution is 7.19. The number of primary amides is 2. The summed E-state index contributed by atoms with van der Waals surface area (Å²) in [4.78, 5) is 24.7. The van der Waals surface area contributed by atoms with Gasteiger partial charge in [0.1, 0.15) is 9.88 Å². The molecule has 6 N–H and O–H groups in total. The van der Waals surface area contributed by atoms with Crippen molar-refractivity contribution in [1.29, 1.82) is 0 Å². The number of carbonyl (C=O) groups is 2. The van der Waals surface area contributed by atoms with Gasteiger partial charge in [0.15, 0.2) is 0 Å². The van der Waals surface area contributed by atoms with Crippen molar-refractivity contribution in [3.05, 3.63) is 10.4 Å². The van der Waals surface area contributed by atoms with E-state index in [1.807, 2.05) is 18.7 Å². The van der Waals surface area contributed by atoms with Crippen LogP contribution < -0.4 is 22.1 Å². The number of nitrogens with zero attached hydrogens (tertiary/aromatic N) is 1. The molecule has 0 bridgehead atoms. The molecule has 0 aromatic carbocycles. The second-order valence-corrected chi connectivity index (χ2v) is 4.42. The molecule has 0 fully saturated rings. The third-order valence-electron chi connectivity index (χ3n) is 2.45. The highest BCUT2D eigenvalue weighted by atomic mass is 32.1. The summed E-state index contributed by atoms with van der Waals surface area (Å²) in [7, 11) is 0. The van der Waals surface area contributed by atoms with Gasteiger partial charge in [0, 0.05) is 13.1 Å². The Labute approximate surface area is 103 Å². The quantitative estimate of drug-likeness (QED) is 0.706. The van der Waals surface area contributed by atoms with Gasteiger partial charge in [-0.3, -0.25) is 9.59 Å². The van der Waals surface area contributed by atoms with Crippen LogP contribution in [0.1, 0.15) is 33.9 Å². The summed E-state index contributed by atoms with van der Waals surface area (Å²) in [5, 5.41) is 0.605. The molecule has 0 aliphatic heterocycles. The van der Waals surface area contributed by atoms with Crippen LogP contribution in [0.2, 0.25) is 0 Å². The van der Waals surface area contributed by atoms with Crippen molar-refractivity contribution >= 4 is 33.8 Å². The van der Waals surface area contributed by atoms with Gasteiger partial charge in [-0.15, -0.1) is 11.3 Å². The van der Waals surface area contributed by atoms with Crippen LogP contribution in [0.15, 0.2) is 0 Å². The van der Waals surface area contributed by atoms with E-state index in [2.05, 4.69) is 0 Å². The van der Waals surface area contributed by atoms with Crippen molar-refractivity contribution in [1.82, 2.24) is 0 Å². The summed E-state index contributed by atoms with van der Waals surface area (Å²) in [5.74, 6) is -1.29. The molecule has 1 aromatic heterocycles. The first-order valence-electron chi connectivity index (χ1n) is 5.20. The number of hydrogen-bond acceptors (Lipinski definition) is 5. The molecular weight excluding hydrogens is 240 g/mol. The maximum Gasteiger partial charge on any atom is 0.260 e. The number of amides is 2. The van der Waals surface area contributed by atoms with E-state index >= 15 is 0 Å². The minimum absolute atomic E-state index is 0.0805. The first kappa shape index (κ1) is 13.3. The fourth-order valence-corrected chi connectivity index (χ4v) is 2.79. The molecule has 0 aliphatic carbocycles. The van der Waals surface area contributed by atoms with Crippen LogP contribution in [0.3, 0.4) is 0 Å². The number of anilines is 2. The predicted octanol–water partition coefficient (Wildman–Crippen LogP) is 0.374. The second kappa shape index (κ2) is 5.05. The zero-order valence-corrected chi connectivity index (χ0v) is 10.6. The van der Waals surface area contributed by atoms with Crippen LogP contribution >= 0.6 is 11.3 Å². The zero-order chi connectivity index (χ0) is 13.2. The normalized spacial score (nSPS) is 10.2. The van der Waals surface area contributed by atoms with E-state index in [1.165, 1.54) is 0 Å². The highest BCUT2D eigenvalue weighted by Crippen LogP contribution is 2.37. The molecule has 1 aromatic rings. The molecule has 0 saturated heterocycles. The van der Waals surface area contributed by atoms with E-state index in [0.717, 1.165) is 11.3 Å². The second-order valence-electron chi connectivity index (χ2n) is 3.43. The van der Waals surface area contributed by atoms with Crippen molar-refractivity contribution < 1.29 is 9.59 Å². The van der Waals surface area contributed by atoms with Crippen LogP contribution in [0.5, 0.6) is 0 Å². The summed E-state index contributed by atoms with van der Waals surface area (Å²) >= 11 is 1.11. The number of nitrogens with two attached hydrogens (primary N) is 3. The largest absolute Gasteiger partial charge is 0.397 e. The molecule has 17 heavy (non-hydrogen) atoms. The maximum atomic E-state index is 11.4. The summed E-state index contributed by atoms with van der Waals surface area (Å²) in [5.41, 5.74) is 16.5. The topological polar surface area (TPSA) is 115 Å². The molecule has 94 valence electrons. The van der Waals surface area contributed by atoms with Gasteiger partial charge < -0.3 is 22.1 Å². The summed E-state index contributed by atoms with van der Waals surface area (Å²) in [6.07, 6.45) is 0. The molecule has 0 spiro atoms. The number of hydrogen-bond donors (Lipinski definition) is 3. The lowest BCUT2D eigenvalue weighted by atomic mass is 10.2. The van der Waals surface area contributed by atoms with E-state index in [1.54, 1.807) is 0 Å². The molecule has 7 heteroatoms. The van der Waals surface area contributed by atoms with Crippen molar-refractivity contribution in [2.75, 3.05) is 23.7 Å². The van der Waals surface area contributed by atoms with Gasteiger partial charge in [-0.25, -0.2) is 0 Å². The molecule has 0 radical (unpaired) electrons. The number of carbonyl (C=O) groups excluding carboxylic acids is 2. The highest BCUT2D eigenvalue weighted by Gasteiger charge is 2.25. The minimum atomic E-state index is -0.645. The van der Waals surface area contributed by atoms with Crippen LogP contribution in [0, 0.1) is 0 Å². The van der Waals surface area contributed by atoms with Gasteiger partial charge >= 0.3 is 0 Å². The van der Waals surface area contributed by atoms with E-state index in [4.69, 9.17) is 17.2 Å². The Bertz CT molecular complexity index is 451. The minimum Gasteiger partial charge on any atom is -0.397 e. The third-order valence-corrected chi connectivity index (χ3v) is 3.73. The van der Waals surface area contributed by atoms with Crippen LogP contribution in [-0.2, 0) is 0 Å². The lowest BCUT2D eigenvalue weighted by Crippen LogP contribution is -2.24. The maximum absolute atomic E-state index is 11.4. The smallest absolute Gasteiger partial charge is 0.260 e. The van der Waals surface area contributed by atoms with Gasteiger partial charge in [-0.05, 0) is 13.8 Å². The SMILES string of the molecule is CCN(CC)c1sc(C(N)=O)c(N)c1C(N)=O. The zero-order valence-electron chi connectivity index (χ0n) is 9.82. The number of nitrogen functional groups attached to an aromatic ring is 1. The van der Waals surface area contributed by atoms with Gasteiger partial charge in [0.05, 0.1) is 11.3 Å². The Morgan fingerprint density at radius 2 is 1.71 bits per heavy atom. The van der Waals surface area contributed by atoms with E-state index in [9.17, 15) is 9.59 Å². The van der Waals surface area contributed by atoms with Crippen LogP contribution in [-0.4, -0.2) is 24.9 Å². The average molecular weight is 256 g/mol. The first-order chi connectivity index (χ1) is 7.93. The fraction of sp³-hybridized carbons (Fsp3) is 0.400. The van der Waals surface area contributed by atoms with Gasteiger partial charge in [0.25, 0.3) is 11.8 Å². The Morgan fingerprint density at radius 1 is 1.18 bits per heavy atom. The Kier molecular flexibility index (Phi) is 3.95. The summed E-state index contributed by atoms with van der Waals surface area (Å²) in [6, 6.07) is 0. The molecule has 2 amide bonds. The first-order valence-corrected chi connectivity index (χ1v) is 6.02. The fourth-order valence-electron chi connectivity index (χ4n) is 1.59. The summed E-state index contributed by atoms with van der Waals surface area (Å²) in [6.45, 7) is 5.26. The molecule has 0 saturated carbocycles. The average Bonchev–Trinajstić information content (AvgIpc) is 2.58. The lowest BCUT2D eigenvalue weighted by Gasteiger charge is -2.19. The van der Waals surface area contributed by atoms with Gasteiger partial charge in [0.2, 0.25) is 0 Å². The molecule has 0 aliphatic rings. The number of rotatable bonds is 5. The molecule has 1 rings (SSSR count). The van der Waals surface area contributed by atoms with Crippen molar-refractivity contribution in [2.24, 2.45) is 11.5 Å². The molecular formula is C10H16N4O2S. The predicted molar refractivity (Wildman–Crippen MR) is 69.3 cm³/mol. The van der Waals surface area contributed by atoms with E-state index < -0.39 is 11.8 Å². The standard InChI is InChI=1S/C10H16N4O2S/c1-3-14(4-2)10-5(8(12)15)6(11)7(17-10)9(13)16/h3-4,11H2,1-2H3,(H2,12,15)(H2,13,16). The molecule has 0 atom stereocenters. The van der Waals surface area contributed by atoms with E-state index in [0.29, 0.717) is 18.1 Å². The van der Waals surface area contributed by atoms with Crippen molar-refractivity contribution in [2.45, 2.75) is 13.8 Å². The van der Waals surface area contributed by atoms with E-state index in [-0.39, 0.29) is 16.1 Å². The molecule has 0 unspecified atom stereocenters.